The standard InChI is InChI=1S/C5H7ClFNO2/c1-3(5(6)10)8-4(9)2-7/h3H,2H2,1H3,(H,8,9). The van der Waals surface area contributed by atoms with Crippen LogP contribution in [0, 0.1) is 0 Å². The van der Waals surface area contributed by atoms with E-state index >= 15 is 0 Å². The van der Waals surface area contributed by atoms with Gasteiger partial charge in [-0.25, -0.2) is 4.39 Å². The minimum absolute atomic E-state index is 0.707. The molecule has 10 heavy (non-hydrogen) atoms. The first-order chi connectivity index (χ1) is 4.57. The molecule has 5 heteroatoms. The van der Waals surface area contributed by atoms with Crippen molar-refractivity contribution in [2.24, 2.45) is 0 Å². The maximum Gasteiger partial charge on any atom is 0.252 e. The zero-order valence-corrected chi connectivity index (χ0v) is 6.11. The third-order valence-electron chi connectivity index (χ3n) is 0.839. The Balaban J connectivity index is 3.68. The molecular formula is C5H7ClFNO2. The molecule has 0 bridgehead atoms. The lowest BCUT2D eigenvalue weighted by Crippen LogP contribution is -2.37. The van der Waals surface area contributed by atoms with Gasteiger partial charge in [-0.1, -0.05) is 0 Å². The van der Waals surface area contributed by atoms with E-state index in [4.69, 9.17) is 11.6 Å². The third-order valence-corrected chi connectivity index (χ3v) is 1.17. The highest BCUT2D eigenvalue weighted by molar-refractivity contribution is 6.64. The summed E-state index contributed by atoms with van der Waals surface area (Å²) in [6, 6.07) is -0.815. The smallest absolute Gasteiger partial charge is 0.252 e. The zero-order valence-electron chi connectivity index (χ0n) is 5.36. The van der Waals surface area contributed by atoms with E-state index in [0.717, 1.165) is 0 Å². The van der Waals surface area contributed by atoms with E-state index in [1.165, 1.54) is 6.92 Å². The number of halogens is 2. The minimum atomic E-state index is -1.13. The van der Waals surface area contributed by atoms with Gasteiger partial charge in [0.2, 0.25) is 5.24 Å². The highest BCUT2D eigenvalue weighted by Crippen LogP contribution is 1.88. The lowest BCUT2D eigenvalue weighted by molar-refractivity contribution is -0.125. The number of amides is 1. The summed E-state index contributed by atoms with van der Waals surface area (Å²) in [5.74, 6) is -0.832. The first-order valence-electron chi connectivity index (χ1n) is 2.62. The van der Waals surface area contributed by atoms with Gasteiger partial charge < -0.3 is 5.32 Å². The molecule has 1 atom stereocenters. The molecular weight excluding hydrogens is 161 g/mol. The molecule has 3 nitrogen and oxygen atoms in total. The highest BCUT2D eigenvalue weighted by atomic mass is 35.5. The molecule has 0 aliphatic carbocycles. The fourth-order valence-electron chi connectivity index (χ4n) is 0.337. The third kappa shape index (κ3) is 3.40. The van der Waals surface area contributed by atoms with Gasteiger partial charge in [-0.2, -0.15) is 0 Å². The normalized spacial score (nSPS) is 12.3. The summed E-state index contributed by atoms with van der Waals surface area (Å²) in [6.45, 7) is 0.247. The lowest BCUT2D eigenvalue weighted by Gasteiger charge is -2.05. The van der Waals surface area contributed by atoms with Crippen molar-refractivity contribution in [3.8, 4) is 0 Å². The molecule has 1 N–H and O–H groups in total. The average Bonchev–Trinajstić information content (AvgIpc) is 1.87. The van der Waals surface area contributed by atoms with Gasteiger partial charge in [0.15, 0.2) is 6.67 Å². The van der Waals surface area contributed by atoms with Gasteiger partial charge in [0.1, 0.15) is 6.04 Å². The Morgan fingerprint density at radius 3 is 2.50 bits per heavy atom. The highest BCUT2D eigenvalue weighted by Gasteiger charge is 2.11. The van der Waals surface area contributed by atoms with E-state index in [1.807, 2.05) is 5.32 Å². The predicted molar refractivity (Wildman–Crippen MR) is 34.4 cm³/mol. The van der Waals surface area contributed by atoms with Crippen molar-refractivity contribution < 1.29 is 14.0 Å². The molecule has 0 rings (SSSR count). The fraction of sp³-hybridized carbons (Fsp3) is 0.600. The van der Waals surface area contributed by atoms with E-state index in [-0.39, 0.29) is 0 Å². The molecule has 58 valence electrons. The Labute approximate surface area is 62.5 Å². The average molecular weight is 168 g/mol. The van der Waals surface area contributed by atoms with Crippen molar-refractivity contribution in [2.75, 3.05) is 6.67 Å². The van der Waals surface area contributed by atoms with E-state index in [1.54, 1.807) is 0 Å². The van der Waals surface area contributed by atoms with Crippen molar-refractivity contribution >= 4 is 22.8 Å². The van der Waals surface area contributed by atoms with Gasteiger partial charge in [-0.3, -0.25) is 9.59 Å². The zero-order chi connectivity index (χ0) is 8.15. The van der Waals surface area contributed by atoms with Gasteiger partial charge in [-0.15, -0.1) is 0 Å². The van der Waals surface area contributed by atoms with Crippen LogP contribution in [0.5, 0.6) is 0 Å². The van der Waals surface area contributed by atoms with E-state index < -0.39 is 23.9 Å². The first kappa shape index (κ1) is 9.36. The Kier molecular flexibility index (Phi) is 3.95. The van der Waals surface area contributed by atoms with Gasteiger partial charge in [-0.05, 0) is 18.5 Å². The Bertz CT molecular complexity index is 151. The molecule has 0 aromatic rings. The second-order valence-corrected chi connectivity index (χ2v) is 2.10. The van der Waals surface area contributed by atoms with Crippen LogP contribution in [-0.2, 0) is 9.59 Å². The van der Waals surface area contributed by atoms with Crippen LogP contribution in [0.3, 0.4) is 0 Å². The second-order valence-electron chi connectivity index (χ2n) is 1.73. The van der Waals surface area contributed by atoms with Crippen molar-refractivity contribution in [3.63, 3.8) is 0 Å². The molecule has 0 aromatic heterocycles. The fourth-order valence-corrected chi connectivity index (χ4v) is 0.391. The van der Waals surface area contributed by atoms with Gasteiger partial charge in [0, 0.05) is 0 Å². The molecule has 0 radical (unpaired) electrons. The summed E-state index contributed by atoms with van der Waals surface area (Å²) in [4.78, 5) is 20.5. The van der Waals surface area contributed by atoms with Crippen molar-refractivity contribution in [3.05, 3.63) is 0 Å². The molecule has 0 saturated carbocycles. The molecule has 0 aliphatic heterocycles. The summed E-state index contributed by atoms with van der Waals surface area (Å²) in [5, 5.41) is 1.33. The number of hydrogen-bond donors (Lipinski definition) is 1. The topological polar surface area (TPSA) is 46.2 Å². The van der Waals surface area contributed by atoms with Crippen molar-refractivity contribution in [1.82, 2.24) is 5.32 Å². The second kappa shape index (κ2) is 4.22. The largest absolute Gasteiger partial charge is 0.343 e. The number of carbonyl (C=O) groups is 2. The minimum Gasteiger partial charge on any atom is -0.343 e. The van der Waals surface area contributed by atoms with Gasteiger partial charge in [0.05, 0.1) is 0 Å². The molecule has 0 saturated heterocycles. The van der Waals surface area contributed by atoms with Crippen LogP contribution in [0.2, 0.25) is 0 Å². The van der Waals surface area contributed by atoms with Crippen LogP contribution in [0.1, 0.15) is 6.92 Å². The predicted octanol–water partition coefficient (Wildman–Crippen LogP) is 0.226. The van der Waals surface area contributed by atoms with Gasteiger partial charge >= 0.3 is 0 Å². The molecule has 0 aromatic carbocycles. The number of nitrogens with one attached hydrogen (secondary N) is 1. The number of alkyl halides is 1. The Hall–Kier alpha value is -0.640. The summed E-state index contributed by atoms with van der Waals surface area (Å²) in [6.07, 6.45) is 0. The first-order valence-corrected chi connectivity index (χ1v) is 3.00. The quantitative estimate of drug-likeness (QED) is 0.612. The maximum atomic E-state index is 11.4. The number of hydrogen-bond acceptors (Lipinski definition) is 2. The van der Waals surface area contributed by atoms with Crippen LogP contribution in [0.25, 0.3) is 0 Å². The van der Waals surface area contributed by atoms with Crippen molar-refractivity contribution in [1.29, 1.82) is 0 Å². The molecule has 1 unspecified atom stereocenters. The Morgan fingerprint density at radius 2 is 2.20 bits per heavy atom. The van der Waals surface area contributed by atoms with Crippen LogP contribution >= 0.6 is 11.6 Å². The molecule has 0 spiro atoms. The summed E-state index contributed by atoms with van der Waals surface area (Å²) >= 11 is 4.95. The number of carbonyl (C=O) groups excluding carboxylic acids is 2. The molecule has 0 heterocycles. The lowest BCUT2D eigenvalue weighted by atomic mass is 10.4. The summed E-state index contributed by atoms with van der Waals surface area (Å²) in [5.41, 5.74) is 0. The van der Waals surface area contributed by atoms with Crippen LogP contribution < -0.4 is 5.32 Å². The van der Waals surface area contributed by atoms with Crippen LogP contribution in [0.15, 0.2) is 0 Å². The summed E-state index contributed by atoms with van der Waals surface area (Å²) in [7, 11) is 0. The van der Waals surface area contributed by atoms with Gasteiger partial charge in [0.25, 0.3) is 5.91 Å². The van der Waals surface area contributed by atoms with Crippen LogP contribution in [-0.4, -0.2) is 23.9 Å². The summed E-state index contributed by atoms with van der Waals surface area (Å²) < 4.78 is 11.4. The van der Waals surface area contributed by atoms with Crippen molar-refractivity contribution in [2.45, 2.75) is 13.0 Å². The van der Waals surface area contributed by atoms with E-state index in [0.29, 0.717) is 0 Å². The SMILES string of the molecule is CC(NC(=O)CF)C(=O)Cl. The Morgan fingerprint density at radius 1 is 1.70 bits per heavy atom. The molecule has 0 aliphatic rings. The molecule has 0 fully saturated rings. The number of rotatable bonds is 3. The van der Waals surface area contributed by atoms with Crippen LogP contribution in [0.4, 0.5) is 4.39 Å². The monoisotopic (exact) mass is 167 g/mol. The van der Waals surface area contributed by atoms with E-state index in [2.05, 4.69) is 0 Å². The van der Waals surface area contributed by atoms with E-state index in [9.17, 15) is 14.0 Å². The maximum absolute atomic E-state index is 11.4. The molecule has 1 amide bonds.